The summed E-state index contributed by atoms with van der Waals surface area (Å²) in [5.74, 6) is -0.580. The zero-order valence-electron chi connectivity index (χ0n) is 27.5. The molecule has 258 valence electrons. The van der Waals surface area contributed by atoms with Crippen LogP contribution in [0.1, 0.15) is 31.8 Å². The van der Waals surface area contributed by atoms with E-state index in [1.165, 1.54) is 36.3 Å². The molecular formula is C41H34F2N2O4S2. The minimum absolute atomic E-state index is 0.179. The Morgan fingerprint density at radius 2 is 1.00 bits per heavy atom. The van der Waals surface area contributed by atoms with E-state index in [0.29, 0.717) is 28.3 Å². The number of nitrogens with one attached hydrogen (secondary N) is 2. The van der Waals surface area contributed by atoms with Gasteiger partial charge in [0.25, 0.3) is 0 Å². The molecule has 0 atom stereocenters. The first kappa shape index (κ1) is 36.7. The summed E-state index contributed by atoms with van der Waals surface area (Å²) in [5.41, 5.74) is 5.14. The number of esters is 1. The third kappa shape index (κ3) is 11.2. The van der Waals surface area contributed by atoms with Crippen LogP contribution in [0.3, 0.4) is 0 Å². The van der Waals surface area contributed by atoms with Gasteiger partial charge >= 0.3 is 11.9 Å². The predicted molar refractivity (Wildman–Crippen MR) is 203 cm³/mol. The number of benzene rings is 6. The highest BCUT2D eigenvalue weighted by molar-refractivity contribution is 7.98. The van der Waals surface area contributed by atoms with E-state index < -0.39 is 11.9 Å². The van der Waals surface area contributed by atoms with Crippen molar-refractivity contribution in [3.8, 4) is 0 Å². The van der Waals surface area contributed by atoms with Crippen LogP contribution in [-0.4, -0.2) is 24.2 Å². The van der Waals surface area contributed by atoms with Crippen molar-refractivity contribution in [2.24, 2.45) is 0 Å². The van der Waals surface area contributed by atoms with Crippen molar-refractivity contribution in [1.82, 2.24) is 0 Å². The second-order valence-electron chi connectivity index (χ2n) is 11.0. The van der Waals surface area contributed by atoms with Crippen molar-refractivity contribution in [1.29, 1.82) is 0 Å². The summed E-state index contributed by atoms with van der Waals surface area (Å²) in [7, 11) is 1.35. The standard InChI is InChI=1S/C21H18FNO2S.C20H16FNO2S/c1-25-21(24)19-12-7-15(14-26-18-5-3-2-4-6-18)13-20(19)23-17-10-8-16(22)9-11-17;21-15-7-9-16(10-8-15)22-19-12-14(6-11-18(19)20(23)24)13-25-17-4-2-1-3-5-17/h2-13,23H,14H2,1H3;1-12,22H,13H2,(H,23,24). The van der Waals surface area contributed by atoms with E-state index in [2.05, 4.69) is 22.8 Å². The number of carboxylic acid groups (broad SMARTS) is 1. The number of carbonyl (C=O) groups excluding carboxylic acids is 1. The van der Waals surface area contributed by atoms with Gasteiger partial charge in [0.05, 0.1) is 29.6 Å². The van der Waals surface area contributed by atoms with E-state index in [0.717, 1.165) is 27.5 Å². The normalized spacial score (nSPS) is 10.4. The van der Waals surface area contributed by atoms with Gasteiger partial charge in [0.2, 0.25) is 0 Å². The Hall–Kier alpha value is -5.58. The number of aromatic carboxylic acids is 1. The Balaban J connectivity index is 0.000000198. The van der Waals surface area contributed by atoms with Gasteiger partial charge in [0.1, 0.15) is 11.6 Å². The second kappa shape index (κ2) is 18.4. The molecule has 0 saturated heterocycles. The van der Waals surface area contributed by atoms with Gasteiger partial charge in [-0.3, -0.25) is 0 Å². The molecule has 0 saturated carbocycles. The molecule has 6 rings (SSSR count). The largest absolute Gasteiger partial charge is 0.478 e. The molecule has 0 fully saturated rings. The second-order valence-corrected chi connectivity index (χ2v) is 13.1. The van der Waals surface area contributed by atoms with Crippen LogP contribution in [0.15, 0.2) is 155 Å². The molecule has 0 amide bonds. The van der Waals surface area contributed by atoms with E-state index in [4.69, 9.17) is 4.74 Å². The SMILES string of the molecule is COC(=O)c1ccc(CSc2ccccc2)cc1Nc1ccc(F)cc1.O=C(O)c1ccc(CSc2ccccc2)cc1Nc1ccc(F)cc1. The first-order valence-electron chi connectivity index (χ1n) is 15.8. The molecule has 0 aromatic heterocycles. The molecule has 51 heavy (non-hydrogen) atoms. The summed E-state index contributed by atoms with van der Waals surface area (Å²) >= 11 is 3.40. The molecule has 0 radical (unpaired) electrons. The molecule has 0 unspecified atom stereocenters. The Morgan fingerprint density at radius 3 is 1.41 bits per heavy atom. The monoisotopic (exact) mass is 720 g/mol. The first-order valence-corrected chi connectivity index (χ1v) is 17.7. The van der Waals surface area contributed by atoms with Crippen LogP contribution in [0.4, 0.5) is 31.5 Å². The average Bonchev–Trinajstić information content (AvgIpc) is 3.16. The predicted octanol–water partition coefficient (Wildman–Crippen LogP) is 11.2. The third-order valence-corrected chi connectivity index (χ3v) is 9.51. The number of rotatable bonds is 12. The number of hydrogen-bond acceptors (Lipinski definition) is 7. The molecule has 3 N–H and O–H groups in total. The number of anilines is 4. The molecule has 6 nitrogen and oxygen atoms in total. The molecule has 6 aromatic rings. The van der Waals surface area contributed by atoms with Gasteiger partial charge in [-0.15, -0.1) is 23.5 Å². The average molecular weight is 721 g/mol. The van der Waals surface area contributed by atoms with Crippen molar-refractivity contribution < 1.29 is 28.2 Å². The summed E-state index contributed by atoms with van der Waals surface area (Å²) in [6.07, 6.45) is 0. The fourth-order valence-electron chi connectivity index (χ4n) is 4.79. The summed E-state index contributed by atoms with van der Waals surface area (Å²) in [6, 6.07) is 42.7. The van der Waals surface area contributed by atoms with Gasteiger partial charge in [-0.1, -0.05) is 48.5 Å². The maximum atomic E-state index is 13.1. The van der Waals surface area contributed by atoms with Gasteiger partial charge in [-0.05, 0) is 108 Å². The molecule has 0 aliphatic rings. The lowest BCUT2D eigenvalue weighted by molar-refractivity contribution is 0.0601. The lowest BCUT2D eigenvalue weighted by Gasteiger charge is -2.13. The number of ether oxygens (including phenoxy) is 1. The lowest BCUT2D eigenvalue weighted by Crippen LogP contribution is -2.06. The van der Waals surface area contributed by atoms with Crippen molar-refractivity contribution in [2.45, 2.75) is 21.3 Å². The van der Waals surface area contributed by atoms with Gasteiger partial charge in [-0.2, -0.15) is 0 Å². The number of carboxylic acids is 1. The summed E-state index contributed by atoms with van der Waals surface area (Å²) in [4.78, 5) is 25.8. The molecular weight excluding hydrogens is 687 g/mol. The lowest BCUT2D eigenvalue weighted by atomic mass is 10.1. The quantitative estimate of drug-likeness (QED) is 0.0851. The van der Waals surface area contributed by atoms with Crippen LogP contribution in [0, 0.1) is 11.6 Å². The smallest absolute Gasteiger partial charge is 0.339 e. The maximum Gasteiger partial charge on any atom is 0.339 e. The van der Waals surface area contributed by atoms with Crippen LogP contribution < -0.4 is 10.6 Å². The van der Waals surface area contributed by atoms with Crippen LogP contribution in [0.25, 0.3) is 0 Å². The molecule has 0 heterocycles. The number of methoxy groups -OCH3 is 1. The fourth-order valence-corrected chi connectivity index (χ4v) is 6.51. The van der Waals surface area contributed by atoms with Crippen LogP contribution >= 0.6 is 23.5 Å². The van der Waals surface area contributed by atoms with E-state index in [-0.39, 0.29) is 17.2 Å². The Bertz CT molecular complexity index is 2050. The van der Waals surface area contributed by atoms with Crippen molar-refractivity contribution >= 4 is 58.2 Å². The number of thioether (sulfide) groups is 2. The highest BCUT2D eigenvalue weighted by Crippen LogP contribution is 2.29. The molecule has 0 aliphatic carbocycles. The van der Waals surface area contributed by atoms with Crippen molar-refractivity contribution in [3.63, 3.8) is 0 Å². The molecule has 6 aromatic carbocycles. The van der Waals surface area contributed by atoms with E-state index in [1.54, 1.807) is 59.9 Å². The Labute approximate surface area is 303 Å². The number of hydrogen-bond donors (Lipinski definition) is 3. The van der Waals surface area contributed by atoms with Gasteiger partial charge in [-0.25, -0.2) is 18.4 Å². The van der Waals surface area contributed by atoms with Gasteiger partial charge in [0.15, 0.2) is 0 Å². The summed E-state index contributed by atoms with van der Waals surface area (Å²) in [5, 5.41) is 15.6. The highest BCUT2D eigenvalue weighted by atomic mass is 32.2. The zero-order valence-corrected chi connectivity index (χ0v) is 29.1. The minimum Gasteiger partial charge on any atom is -0.478 e. The number of halogens is 2. The first-order chi connectivity index (χ1) is 24.8. The van der Waals surface area contributed by atoms with Crippen LogP contribution in [0.2, 0.25) is 0 Å². The van der Waals surface area contributed by atoms with Crippen LogP contribution in [-0.2, 0) is 16.2 Å². The molecule has 10 heteroatoms. The van der Waals surface area contributed by atoms with E-state index in [9.17, 15) is 23.5 Å². The van der Waals surface area contributed by atoms with Gasteiger partial charge < -0.3 is 20.5 Å². The summed E-state index contributed by atoms with van der Waals surface area (Å²) < 4.78 is 31.0. The molecule has 0 spiro atoms. The fraction of sp³-hybridized carbons (Fsp3) is 0.0732. The zero-order chi connectivity index (χ0) is 36.0. The maximum absolute atomic E-state index is 13.1. The van der Waals surface area contributed by atoms with E-state index >= 15 is 0 Å². The Morgan fingerprint density at radius 1 is 0.588 bits per heavy atom. The summed E-state index contributed by atoms with van der Waals surface area (Å²) in [6.45, 7) is 0. The van der Waals surface area contributed by atoms with Crippen LogP contribution in [0.5, 0.6) is 0 Å². The molecule has 0 bridgehead atoms. The molecule has 0 aliphatic heterocycles. The Kier molecular flexibility index (Phi) is 13.3. The van der Waals surface area contributed by atoms with E-state index in [1.807, 2.05) is 72.8 Å². The number of carbonyl (C=O) groups is 2. The van der Waals surface area contributed by atoms with Crippen molar-refractivity contribution in [3.05, 3.63) is 179 Å². The van der Waals surface area contributed by atoms with Gasteiger partial charge in [0, 0.05) is 32.7 Å². The topological polar surface area (TPSA) is 87.7 Å². The highest BCUT2D eigenvalue weighted by Gasteiger charge is 2.14. The third-order valence-electron chi connectivity index (χ3n) is 7.35. The van der Waals surface area contributed by atoms with Crippen molar-refractivity contribution in [2.75, 3.05) is 17.7 Å². The minimum atomic E-state index is -1.01.